The second-order valence-corrected chi connectivity index (χ2v) is 8.55. The highest BCUT2D eigenvalue weighted by Crippen LogP contribution is 2.50. The predicted octanol–water partition coefficient (Wildman–Crippen LogP) is 4.98. The van der Waals surface area contributed by atoms with Crippen LogP contribution in [0, 0.1) is 5.41 Å². The number of hydrogen-bond donors (Lipinski definition) is 1. The fourth-order valence-corrected chi connectivity index (χ4v) is 5.43. The first-order valence-corrected chi connectivity index (χ1v) is 10.7. The zero-order valence-electron chi connectivity index (χ0n) is 15.9. The summed E-state index contributed by atoms with van der Waals surface area (Å²) >= 11 is 1.60. The van der Waals surface area contributed by atoms with Crippen LogP contribution in [-0.4, -0.2) is 28.5 Å². The first-order chi connectivity index (χ1) is 14.1. The number of hydrogen-bond acceptors (Lipinski definition) is 4. The van der Waals surface area contributed by atoms with Crippen LogP contribution in [0.4, 0.5) is 0 Å². The Balaban J connectivity index is 1.82. The number of rotatable bonds is 5. The molecule has 0 radical (unpaired) electrons. The molecular weight excluding hydrogens is 380 g/mol. The van der Waals surface area contributed by atoms with Crippen LogP contribution in [0.2, 0.25) is 0 Å². The van der Waals surface area contributed by atoms with E-state index in [9.17, 15) is 14.7 Å². The van der Waals surface area contributed by atoms with Gasteiger partial charge in [-0.1, -0.05) is 91.0 Å². The Labute approximate surface area is 174 Å². The molecule has 1 aliphatic rings. The van der Waals surface area contributed by atoms with E-state index < -0.39 is 11.5 Å². The number of aliphatic hydroxyl groups excluding tert-OH is 1. The number of carbonyl (C=O) groups excluding carboxylic acids is 2. The lowest BCUT2D eigenvalue weighted by Crippen LogP contribution is -2.53. The summed E-state index contributed by atoms with van der Waals surface area (Å²) in [5.41, 5.74) is 0.466. The first kappa shape index (κ1) is 19.6. The van der Waals surface area contributed by atoms with Gasteiger partial charge in [-0.15, -0.1) is 0 Å². The highest BCUT2D eigenvalue weighted by molar-refractivity contribution is 7.99. The van der Waals surface area contributed by atoms with Gasteiger partial charge in [0.1, 0.15) is 5.41 Å². The summed E-state index contributed by atoms with van der Waals surface area (Å²) in [6, 6.07) is 27.6. The first-order valence-electron chi connectivity index (χ1n) is 9.67. The number of aliphatic hydroxyl groups is 1. The Morgan fingerprint density at radius 2 is 1.21 bits per heavy atom. The molecule has 3 aromatic carbocycles. The Morgan fingerprint density at radius 1 is 0.759 bits per heavy atom. The van der Waals surface area contributed by atoms with E-state index in [2.05, 4.69) is 0 Å². The zero-order valence-corrected chi connectivity index (χ0v) is 16.7. The fourth-order valence-electron chi connectivity index (χ4n) is 4.00. The molecule has 4 heteroatoms. The molecule has 1 fully saturated rings. The highest BCUT2D eigenvalue weighted by Gasteiger charge is 2.55. The van der Waals surface area contributed by atoms with Gasteiger partial charge in [0.05, 0.1) is 6.10 Å². The third-order valence-corrected chi connectivity index (χ3v) is 6.93. The van der Waals surface area contributed by atoms with E-state index >= 15 is 0 Å². The monoisotopic (exact) mass is 402 g/mol. The number of benzene rings is 3. The third kappa shape index (κ3) is 3.66. The number of ketones is 2. The maximum atomic E-state index is 13.7. The predicted molar refractivity (Wildman–Crippen MR) is 116 cm³/mol. The van der Waals surface area contributed by atoms with Crippen molar-refractivity contribution in [2.45, 2.75) is 17.8 Å². The largest absolute Gasteiger partial charge is 0.391 e. The van der Waals surface area contributed by atoms with E-state index in [-0.39, 0.29) is 23.2 Å². The lowest BCUT2D eigenvalue weighted by Gasteiger charge is -2.42. The zero-order chi connectivity index (χ0) is 20.3. The number of thioether (sulfide) groups is 1. The number of carbonyl (C=O) groups is 2. The SMILES string of the molecule is O=C(c1ccccc1)C1(C(=O)c2ccccc2)C[C@H](c2ccccc2)SC[C@@H]1O. The summed E-state index contributed by atoms with van der Waals surface area (Å²) in [7, 11) is 0. The third-order valence-electron chi connectivity index (χ3n) is 5.59. The summed E-state index contributed by atoms with van der Waals surface area (Å²) in [6.07, 6.45) is -0.780. The molecule has 1 N–H and O–H groups in total. The van der Waals surface area contributed by atoms with Crippen LogP contribution < -0.4 is 0 Å². The standard InChI is InChI=1S/C25H22O3S/c26-22-17-29-21(18-10-4-1-5-11-18)16-25(22,23(27)19-12-6-2-7-13-19)24(28)20-14-8-3-9-15-20/h1-15,21-22,26H,16-17H2/t21-,22+/m1/s1. The maximum absolute atomic E-state index is 13.7. The molecule has 0 spiro atoms. The normalized spacial score (nSPS) is 20.7. The lowest BCUT2D eigenvalue weighted by molar-refractivity contribution is 0.0267. The van der Waals surface area contributed by atoms with Crippen molar-refractivity contribution in [2.24, 2.45) is 5.41 Å². The second kappa shape index (κ2) is 8.36. The Kier molecular flexibility index (Phi) is 5.65. The van der Waals surface area contributed by atoms with Gasteiger partial charge in [-0.3, -0.25) is 9.59 Å². The minimum Gasteiger partial charge on any atom is -0.391 e. The van der Waals surface area contributed by atoms with Crippen LogP contribution in [0.5, 0.6) is 0 Å². The van der Waals surface area contributed by atoms with Gasteiger partial charge in [0.2, 0.25) is 0 Å². The van der Waals surface area contributed by atoms with Gasteiger partial charge in [-0.2, -0.15) is 11.8 Å². The molecule has 0 saturated carbocycles. The van der Waals surface area contributed by atoms with E-state index in [1.807, 2.05) is 42.5 Å². The Hall–Kier alpha value is -2.69. The van der Waals surface area contributed by atoms with Gasteiger partial charge >= 0.3 is 0 Å². The summed E-state index contributed by atoms with van der Waals surface area (Å²) in [5, 5.41) is 11.0. The Bertz CT molecular complexity index is 935. The van der Waals surface area contributed by atoms with E-state index in [4.69, 9.17) is 0 Å². The van der Waals surface area contributed by atoms with Crippen LogP contribution in [0.25, 0.3) is 0 Å². The maximum Gasteiger partial charge on any atom is 0.179 e. The summed E-state index contributed by atoms with van der Waals surface area (Å²) in [6.45, 7) is 0. The van der Waals surface area contributed by atoms with E-state index in [1.54, 1.807) is 60.3 Å². The van der Waals surface area contributed by atoms with Crippen molar-refractivity contribution in [2.75, 3.05) is 5.75 Å². The van der Waals surface area contributed by atoms with Crippen LogP contribution in [0.1, 0.15) is 38.0 Å². The minimum absolute atomic E-state index is 0.0417. The van der Waals surface area contributed by atoms with Crippen LogP contribution in [0.15, 0.2) is 91.0 Å². The molecule has 3 aromatic rings. The summed E-state index contributed by atoms with van der Waals surface area (Å²) < 4.78 is 0. The molecule has 1 saturated heterocycles. The van der Waals surface area contributed by atoms with Crippen LogP contribution in [0.3, 0.4) is 0 Å². The molecule has 3 nitrogen and oxygen atoms in total. The molecule has 1 heterocycles. The molecule has 29 heavy (non-hydrogen) atoms. The molecule has 0 aliphatic carbocycles. The Morgan fingerprint density at radius 3 is 1.69 bits per heavy atom. The van der Waals surface area contributed by atoms with Gasteiger partial charge in [0, 0.05) is 22.1 Å². The van der Waals surface area contributed by atoms with E-state index in [1.165, 1.54) is 0 Å². The minimum atomic E-state index is -1.51. The van der Waals surface area contributed by atoms with Gasteiger partial charge in [-0.25, -0.2) is 0 Å². The van der Waals surface area contributed by atoms with Crippen molar-refractivity contribution in [1.82, 2.24) is 0 Å². The quantitative estimate of drug-likeness (QED) is 0.483. The highest BCUT2D eigenvalue weighted by atomic mass is 32.2. The topological polar surface area (TPSA) is 54.4 Å². The molecule has 0 amide bonds. The number of Topliss-reactive ketones (excluding diaryl/α,β-unsaturated/α-hetero) is 2. The van der Waals surface area contributed by atoms with Crippen molar-refractivity contribution >= 4 is 23.3 Å². The molecule has 0 aromatic heterocycles. The lowest BCUT2D eigenvalue weighted by atomic mass is 9.67. The average Bonchev–Trinajstić information content (AvgIpc) is 2.80. The molecule has 0 unspecified atom stereocenters. The van der Waals surface area contributed by atoms with Gasteiger partial charge in [-0.05, 0) is 12.0 Å². The molecule has 146 valence electrons. The van der Waals surface area contributed by atoms with Gasteiger partial charge in [0.15, 0.2) is 11.6 Å². The second-order valence-electron chi connectivity index (χ2n) is 7.31. The van der Waals surface area contributed by atoms with Crippen molar-refractivity contribution in [3.8, 4) is 0 Å². The van der Waals surface area contributed by atoms with Crippen molar-refractivity contribution in [3.05, 3.63) is 108 Å². The van der Waals surface area contributed by atoms with Crippen LogP contribution >= 0.6 is 11.8 Å². The summed E-state index contributed by atoms with van der Waals surface area (Å²) in [5.74, 6) is -0.280. The molecular formula is C25H22O3S. The average molecular weight is 403 g/mol. The van der Waals surface area contributed by atoms with Gasteiger partial charge < -0.3 is 5.11 Å². The van der Waals surface area contributed by atoms with Crippen LogP contribution in [-0.2, 0) is 0 Å². The van der Waals surface area contributed by atoms with Crippen molar-refractivity contribution < 1.29 is 14.7 Å². The molecule has 1 aliphatic heterocycles. The molecule has 0 bridgehead atoms. The molecule has 2 atom stereocenters. The van der Waals surface area contributed by atoms with E-state index in [0.29, 0.717) is 16.9 Å². The van der Waals surface area contributed by atoms with Gasteiger partial charge in [0.25, 0.3) is 0 Å². The van der Waals surface area contributed by atoms with E-state index in [0.717, 1.165) is 5.56 Å². The smallest absolute Gasteiger partial charge is 0.179 e. The summed E-state index contributed by atoms with van der Waals surface area (Å²) in [4.78, 5) is 27.5. The molecule has 4 rings (SSSR count). The van der Waals surface area contributed by atoms with Crippen molar-refractivity contribution in [3.63, 3.8) is 0 Å². The fraction of sp³-hybridized carbons (Fsp3) is 0.200. The van der Waals surface area contributed by atoms with Crippen molar-refractivity contribution in [1.29, 1.82) is 0 Å².